The van der Waals surface area contributed by atoms with E-state index in [0.717, 1.165) is 30.1 Å². The van der Waals surface area contributed by atoms with Gasteiger partial charge in [-0.2, -0.15) is 5.10 Å². The molecule has 1 aromatic rings. The Kier molecular flexibility index (Phi) is 2.12. The van der Waals surface area contributed by atoms with Gasteiger partial charge in [-0.1, -0.05) is 36.0 Å². The van der Waals surface area contributed by atoms with Gasteiger partial charge in [0.15, 0.2) is 5.82 Å². The van der Waals surface area contributed by atoms with E-state index in [2.05, 4.69) is 52.5 Å². The Balaban J connectivity index is 1.99. The molecule has 0 bridgehead atoms. The highest BCUT2D eigenvalue weighted by Crippen LogP contribution is 2.60. The number of nitrogens with two attached hydrogens (primary N) is 1. The fourth-order valence-corrected chi connectivity index (χ4v) is 3.83. The monoisotopic (exact) mass is 266 g/mol. The zero-order chi connectivity index (χ0) is 14.0. The van der Waals surface area contributed by atoms with Crippen LogP contribution in [0, 0.1) is 12.3 Å². The molecule has 3 N–H and O–H groups in total. The molecule has 0 amide bonds. The lowest BCUT2D eigenvalue weighted by Crippen LogP contribution is -2.47. The van der Waals surface area contributed by atoms with Crippen molar-refractivity contribution in [3.63, 3.8) is 0 Å². The van der Waals surface area contributed by atoms with E-state index < -0.39 is 0 Å². The lowest BCUT2D eigenvalue weighted by molar-refractivity contribution is 0.355. The minimum absolute atomic E-state index is 0.125. The summed E-state index contributed by atoms with van der Waals surface area (Å²) in [6, 6.07) is 0. The highest BCUT2D eigenvalue weighted by molar-refractivity contribution is 5.80. The zero-order valence-corrected chi connectivity index (χ0v) is 11.8. The van der Waals surface area contributed by atoms with Crippen LogP contribution in [0.4, 0.5) is 0 Å². The molecule has 102 valence electrons. The maximum atomic E-state index is 6.67. The van der Waals surface area contributed by atoms with Gasteiger partial charge in [0.25, 0.3) is 0 Å². The van der Waals surface area contributed by atoms with Gasteiger partial charge >= 0.3 is 0 Å². The average molecular weight is 266 g/mol. The maximum absolute atomic E-state index is 6.67. The van der Waals surface area contributed by atoms with Gasteiger partial charge in [0.2, 0.25) is 0 Å². The van der Waals surface area contributed by atoms with Crippen molar-refractivity contribution in [2.24, 2.45) is 11.1 Å². The Labute approximate surface area is 118 Å². The fraction of sp³-hybridized carbons (Fsp3) is 0.375. The van der Waals surface area contributed by atoms with Crippen molar-refractivity contribution in [2.45, 2.75) is 32.2 Å². The number of aryl methyl sites for hydroxylation is 1. The van der Waals surface area contributed by atoms with Crippen LogP contribution in [-0.4, -0.2) is 20.7 Å². The molecule has 0 radical (unpaired) electrons. The summed E-state index contributed by atoms with van der Waals surface area (Å²) in [6.45, 7) is 4.18. The molecule has 20 heavy (non-hydrogen) atoms. The highest BCUT2D eigenvalue weighted by Gasteiger charge is 2.56. The predicted molar refractivity (Wildman–Crippen MR) is 78.7 cm³/mol. The molecule has 2 atom stereocenters. The topological polar surface area (TPSA) is 67.6 Å². The zero-order valence-electron chi connectivity index (χ0n) is 11.8. The molecule has 2 unspecified atom stereocenters. The molecule has 4 rings (SSSR count). The first-order valence-corrected chi connectivity index (χ1v) is 7.04. The summed E-state index contributed by atoms with van der Waals surface area (Å²) in [6.07, 6.45) is 12.8. The van der Waals surface area contributed by atoms with E-state index in [4.69, 9.17) is 5.73 Å². The van der Waals surface area contributed by atoms with E-state index >= 15 is 0 Å². The van der Waals surface area contributed by atoms with Gasteiger partial charge in [0, 0.05) is 16.5 Å². The minimum Gasteiger partial charge on any atom is -0.321 e. The molecule has 4 heteroatoms. The summed E-state index contributed by atoms with van der Waals surface area (Å²) in [5, 5.41) is 7.25. The first kappa shape index (κ1) is 11.9. The number of hydrogen-bond donors (Lipinski definition) is 2. The lowest BCUT2D eigenvalue weighted by atomic mass is 9.70. The van der Waals surface area contributed by atoms with Crippen molar-refractivity contribution in [3.8, 4) is 0 Å². The number of nitrogens with zero attached hydrogens (tertiary/aromatic N) is 2. The van der Waals surface area contributed by atoms with Gasteiger partial charge in [-0.05, 0) is 32.3 Å². The number of aromatic nitrogens is 3. The van der Waals surface area contributed by atoms with Crippen molar-refractivity contribution in [3.05, 3.63) is 53.2 Å². The normalized spacial score (nSPS) is 34.5. The lowest BCUT2D eigenvalue weighted by Gasteiger charge is -2.36. The van der Waals surface area contributed by atoms with E-state index in [1.54, 1.807) is 0 Å². The van der Waals surface area contributed by atoms with E-state index in [9.17, 15) is 0 Å². The number of rotatable bonds is 1. The van der Waals surface area contributed by atoms with Crippen molar-refractivity contribution < 1.29 is 0 Å². The van der Waals surface area contributed by atoms with E-state index in [-0.39, 0.29) is 11.0 Å². The largest absolute Gasteiger partial charge is 0.321 e. The first-order chi connectivity index (χ1) is 9.54. The molecule has 0 aromatic carbocycles. The third-order valence-electron chi connectivity index (χ3n) is 5.16. The van der Waals surface area contributed by atoms with Crippen molar-refractivity contribution in [1.82, 2.24) is 15.2 Å². The van der Waals surface area contributed by atoms with Crippen molar-refractivity contribution in [1.29, 1.82) is 0 Å². The van der Waals surface area contributed by atoms with Crippen LogP contribution in [0.3, 0.4) is 0 Å². The second kappa shape index (κ2) is 3.58. The third-order valence-corrected chi connectivity index (χ3v) is 5.16. The van der Waals surface area contributed by atoms with Crippen LogP contribution in [0.1, 0.15) is 31.4 Å². The molecule has 3 aliphatic rings. The van der Waals surface area contributed by atoms with Gasteiger partial charge in [-0.3, -0.25) is 5.10 Å². The quantitative estimate of drug-likeness (QED) is 0.820. The van der Waals surface area contributed by atoms with Crippen molar-refractivity contribution in [2.75, 3.05) is 0 Å². The molecule has 1 aromatic heterocycles. The van der Waals surface area contributed by atoms with Gasteiger partial charge in [-0.15, -0.1) is 0 Å². The van der Waals surface area contributed by atoms with Gasteiger partial charge in [-0.25, -0.2) is 4.98 Å². The van der Waals surface area contributed by atoms with Crippen LogP contribution in [0.2, 0.25) is 0 Å². The summed E-state index contributed by atoms with van der Waals surface area (Å²) in [7, 11) is 0. The molecule has 0 aliphatic heterocycles. The van der Waals surface area contributed by atoms with Crippen LogP contribution in [0.5, 0.6) is 0 Å². The van der Waals surface area contributed by atoms with Gasteiger partial charge in [0.1, 0.15) is 5.82 Å². The van der Waals surface area contributed by atoms with Crippen molar-refractivity contribution >= 4 is 5.57 Å². The van der Waals surface area contributed by atoms with Crippen LogP contribution in [0.25, 0.3) is 5.57 Å². The molecule has 1 heterocycles. The van der Waals surface area contributed by atoms with E-state index in [1.807, 2.05) is 6.92 Å². The minimum atomic E-state index is -0.267. The third kappa shape index (κ3) is 1.25. The van der Waals surface area contributed by atoms with Crippen LogP contribution < -0.4 is 5.73 Å². The second-order valence-electron chi connectivity index (χ2n) is 6.12. The van der Waals surface area contributed by atoms with Gasteiger partial charge < -0.3 is 5.73 Å². The summed E-state index contributed by atoms with van der Waals surface area (Å²) < 4.78 is 0. The Morgan fingerprint density at radius 3 is 2.95 bits per heavy atom. The SMILES string of the molecule is Cc1nc(C2=C3C=CC4(N)CCC(=CC=C2)C34C)n[nH]1. The smallest absolute Gasteiger partial charge is 0.181 e. The molecule has 0 spiro atoms. The number of aromatic amines is 1. The number of hydrogen-bond acceptors (Lipinski definition) is 3. The van der Waals surface area contributed by atoms with Crippen LogP contribution in [0.15, 0.2) is 41.5 Å². The Hall–Kier alpha value is -1.94. The van der Waals surface area contributed by atoms with Gasteiger partial charge in [0.05, 0.1) is 0 Å². The summed E-state index contributed by atoms with van der Waals surface area (Å²) >= 11 is 0. The number of nitrogens with one attached hydrogen (secondary N) is 1. The average Bonchev–Trinajstić information content (AvgIpc) is 2.97. The maximum Gasteiger partial charge on any atom is 0.181 e. The molecule has 1 fully saturated rings. The second-order valence-corrected chi connectivity index (χ2v) is 6.12. The molecular formula is C16H18N4. The Morgan fingerprint density at radius 1 is 1.35 bits per heavy atom. The molecule has 0 saturated heterocycles. The summed E-state index contributed by atoms with van der Waals surface area (Å²) in [4.78, 5) is 4.49. The molecule has 3 aliphatic carbocycles. The summed E-state index contributed by atoms with van der Waals surface area (Å²) in [5.74, 6) is 1.59. The highest BCUT2D eigenvalue weighted by atomic mass is 15.2. The molecule has 1 saturated carbocycles. The number of allylic oxidation sites excluding steroid dienone is 5. The Morgan fingerprint density at radius 2 is 2.20 bits per heavy atom. The van der Waals surface area contributed by atoms with Crippen LogP contribution in [-0.2, 0) is 0 Å². The number of H-pyrrole nitrogens is 1. The van der Waals surface area contributed by atoms with E-state index in [1.165, 1.54) is 11.1 Å². The Bertz CT molecular complexity index is 719. The van der Waals surface area contributed by atoms with Crippen LogP contribution >= 0.6 is 0 Å². The molecular weight excluding hydrogens is 248 g/mol. The first-order valence-electron chi connectivity index (χ1n) is 7.04. The molecule has 4 nitrogen and oxygen atoms in total. The predicted octanol–water partition coefficient (Wildman–Crippen LogP) is 2.43. The fourth-order valence-electron chi connectivity index (χ4n) is 3.83. The van der Waals surface area contributed by atoms with E-state index in [0.29, 0.717) is 0 Å². The summed E-state index contributed by atoms with van der Waals surface area (Å²) in [5.41, 5.74) is 10.0. The standard InChI is InChI=1S/C16H18N4/c1-10-18-14(20-19-10)12-5-3-4-11-6-8-16(17)9-7-13(12)15(11,16)2/h3-5,7,9H,6,8,17H2,1-2H3,(H,18,19,20).